The van der Waals surface area contributed by atoms with Gasteiger partial charge in [-0.1, -0.05) is 0 Å². The van der Waals surface area contributed by atoms with Crippen molar-refractivity contribution in [2.45, 2.75) is 39.7 Å². The lowest BCUT2D eigenvalue weighted by Crippen LogP contribution is -2.50. The molecule has 2 aliphatic heterocycles. The van der Waals surface area contributed by atoms with E-state index in [0.717, 1.165) is 47.7 Å². The van der Waals surface area contributed by atoms with Crippen molar-refractivity contribution in [2.24, 2.45) is 0 Å². The van der Waals surface area contributed by atoms with E-state index in [9.17, 15) is 9.59 Å². The first-order valence-electron chi connectivity index (χ1n) is 11.9. The maximum Gasteiger partial charge on any atom is 0.410 e. The van der Waals surface area contributed by atoms with Gasteiger partial charge in [0.15, 0.2) is 0 Å². The highest BCUT2D eigenvalue weighted by molar-refractivity contribution is 5.95. The number of likely N-dealkylation sites (N-methyl/N-ethyl adjacent to an activating group) is 1. The van der Waals surface area contributed by atoms with Gasteiger partial charge in [0.2, 0.25) is 0 Å². The fraction of sp³-hybridized carbons (Fsp3) is 0.500. The molecular formula is C26H34N4O4. The van der Waals surface area contributed by atoms with Crippen molar-refractivity contribution in [1.82, 2.24) is 9.88 Å². The highest BCUT2D eigenvalue weighted by Gasteiger charge is 2.27. The molecule has 0 N–H and O–H groups in total. The summed E-state index contributed by atoms with van der Waals surface area (Å²) in [5.74, 6) is 0.570. The first-order valence-corrected chi connectivity index (χ1v) is 11.9. The molecule has 2 aromatic rings. The Morgan fingerprint density at radius 2 is 1.76 bits per heavy atom. The van der Waals surface area contributed by atoms with Gasteiger partial charge in [0.1, 0.15) is 11.4 Å². The Morgan fingerprint density at radius 3 is 2.35 bits per heavy atom. The lowest BCUT2D eigenvalue weighted by atomic mass is 9.98. The third-order valence-electron chi connectivity index (χ3n) is 6.32. The quantitative estimate of drug-likeness (QED) is 0.631. The van der Waals surface area contributed by atoms with Gasteiger partial charge in [-0.05, 0) is 69.5 Å². The summed E-state index contributed by atoms with van der Waals surface area (Å²) in [5, 5.41) is 0. The number of fused-ring (bicyclic) bond motifs is 1. The highest BCUT2D eigenvalue weighted by Crippen LogP contribution is 2.36. The number of carbonyl (C=O) groups excluding carboxylic acids is 2. The fourth-order valence-corrected chi connectivity index (χ4v) is 4.54. The summed E-state index contributed by atoms with van der Waals surface area (Å²) in [6.45, 7) is 12.1. The van der Waals surface area contributed by atoms with Gasteiger partial charge in [-0.25, -0.2) is 14.6 Å². The first kappa shape index (κ1) is 23.9. The molecule has 0 aliphatic carbocycles. The largest absolute Gasteiger partial charge is 0.465 e. The van der Waals surface area contributed by atoms with Gasteiger partial charge in [-0.3, -0.25) is 0 Å². The lowest BCUT2D eigenvalue weighted by molar-refractivity contribution is 0.0240. The summed E-state index contributed by atoms with van der Waals surface area (Å²) >= 11 is 0. The molecule has 4 rings (SSSR count). The predicted octanol–water partition coefficient (Wildman–Crippen LogP) is 3.97. The smallest absolute Gasteiger partial charge is 0.410 e. The number of nitrogens with zero attached hydrogens (tertiary/aromatic N) is 4. The van der Waals surface area contributed by atoms with Crippen LogP contribution in [-0.2, 0) is 15.9 Å². The molecule has 1 aromatic carbocycles. The van der Waals surface area contributed by atoms with E-state index in [1.807, 2.05) is 45.2 Å². The molecule has 0 spiro atoms. The summed E-state index contributed by atoms with van der Waals surface area (Å²) in [6.07, 6.45) is 2.43. The van der Waals surface area contributed by atoms with Crippen molar-refractivity contribution < 1.29 is 19.1 Å². The van der Waals surface area contributed by atoms with Gasteiger partial charge in [0, 0.05) is 56.7 Å². The lowest BCUT2D eigenvalue weighted by Gasteiger charge is -2.36. The molecule has 182 valence electrons. The van der Waals surface area contributed by atoms with E-state index < -0.39 is 5.60 Å². The molecule has 1 fully saturated rings. The van der Waals surface area contributed by atoms with Crippen LogP contribution < -0.4 is 9.80 Å². The molecule has 1 amide bonds. The number of aromatic nitrogens is 1. The zero-order chi connectivity index (χ0) is 24.5. The summed E-state index contributed by atoms with van der Waals surface area (Å²) in [5.41, 5.74) is 4.20. The maximum absolute atomic E-state index is 12.5. The third-order valence-corrected chi connectivity index (χ3v) is 6.32. The van der Waals surface area contributed by atoms with Crippen LogP contribution in [0, 0.1) is 0 Å². The van der Waals surface area contributed by atoms with Gasteiger partial charge in [-0.15, -0.1) is 0 Å². The second-order valence-electron chi connectivity index (χ2n) is 9.70. The zero-order valence-corrected chi connectivity index (χ0v) is 20.8. The normalized spacial score (nSPS) is 15.9. The minimum absolute atomic E-state index is 0.269. The molecule has 2 aliphatic rings. The Morgan fingerprint density at radius 1 is 1.03 bits per heavy atom. The summed E-state index contributed by atoms with van der Waals surface area (Å²) in [4.78, 5) is 35.7. The Kier molecular flexibility index (Phi) is 6.68. The van der Waals surface area contributed by atoms with Crippen molar-refractivity contribution in [3.63, 3.8) is 0 Å². The van der Waals surface area contributed by atoms with Gasteiger partial charge in [0.25, 0.3) is 0 Å². The second kappa shape index (κ2) is 9.52. The Bertz CT molecular complexity index is 1050. The maximum atomic E-state index is 12.5. The molecule has 0 bridgehead atoms. The number of carbonyl (C=O) groups is 2. The van der Waals surface area contributed by atoms with Crippen LogP contribution in [0.15, 0.2) is 30.5 Å². The van der Waals surface area contributed by atoms with E-state index in [2.05, 4.69) is 22.8 Å². The minimum atomic E-state index is -0.495. The highest BCUT2D eigenvalue weighted by atomic mass is 16.6. The Balaban J connectivity index is 1.49. The number of hydrogen-bond donors (Lipinski definition) is 0. The number of methoxy groups -OCH3 is 1. The topological polar surface area (TPSA) is 75.2 Å². The number of anilines is 2. The summed E-state index contributed by atoms with van der Waals surface area (Å²) < 4.78 is 10.5. The van der Waals surface area contributed by atoms with Crippen LogP contribution in [0.1, 0.15) is 43.6 Å². The van der Waals surface area contributed by atoms with Gasteiger partial charge >= 0.3 is 12.1 Å². The van der Waals surface area contributed by atoms with E-state index in [1.165, 1.54) is 7.11 Å². The van der Waals surface area contributed by atoms with Crippen molar-refractivity contribution in [2.75, 3.05) is 56.2 Å². The van der Waals surface area contributed by atoms with Crippen LogP contribution >= 0.6 is 0 Å². The van der Waals surface area contributed by atoms with Gasteiger partial charge in [0.05, 0.1) is 12.7 Å². The molecule has 0 atom stereocenters. The molecule has 0 unspecified atom stereocenters. The van der Waals surface area contributed by atoms with Crippen LogP contribution in [-0.4, -0.2) is 73.9 Å². The number of rotatable bonds is 4. The molecule has 8 heteroatoms. The fourth-order valence-electron chi connectivity index (χ4n) is 4.54. The zero-order valence-electron chi connectivity index (χ0n) is 20.8. The number of esters is 1. The standard InChI is InChI=1S/C26H34N4O4/c1-6-28-10-9-20-21(24(31)33-5)15-19(16-22(20)28)18-7-8-23(27-17-18)29-11-13-30(14-12-29)25(32)34-26(2,3)4/h7-8,15-17H,6,9-14H2,1-5H3. The van der Waals surface area contributed by atoms with E-state index in [1.54, 1.807) is 4.90 Å². The first-order chi connectivity index (χ1) is 16.2. The molecule has 8 nitrogen and oxygen atoms in total. The van der Waals surface area contributed by atoms with Gasteiger partial charge in [-0.2, -0.15) is 0 Å². The number of piperazine rings is 1. The number of pyridine rings is 1. The number of benzene rings is 1. The molecule has 1 saturated heterocycles. The van der Waals surface area contributed by atoms with Crippen LogP contribution in [0.2, 0.25) is 0 Å². The average molecular weight is 467 g/mol. The van der Waals surface area contributed by atoms with Crippen molar-refractivity contribution in [3.05, 3.63) is 41.6 Å². The van der Waals surface area contributed by atoms with Crippen molar-refractivity contribution in [1.29, 1.82) is 0 Å². The Hall–Kier alpha value is -3.29. The Labute approximate surface area is 201 Å². The summed E-state index contributed by atoms with van der Waals surface area (Å²) in [6, 6.07) is 8.10. The molecule has 3 heterocycles. The van der Waals surface area contributed by atoms with Crippen LogP contribution in [0.4, 0.5) is 16.3 Å². The molecular weight excluding hydrogens is 432 g/mol. The number of hydrogen-bond acceptors (Lipinski definition) is 7. The van der Waals surface area contributed by atoms with Crippen molar-refractivity contribution in [3.8, 4) is 11.1 Å². The van der Waals surface area contributed by atoms with E-state index in [-0.39, 0.29) is 12.1 Å². The van der Waals surface area contributed by atoms with E-state index in [0.29, 0.717) is 31.7 Å². The molecule has 1 aromatic heterocycles. The number of ether oxygens (including phenoxy) is 2. The van der Waals surface area contributed by atoms with Crippen LogP contribution in [0.5, 0.6) is 0 Å². The van der Waals surface area contributed by atoms with Crippen LogP contribution in [0.3, 0.4) is 0 Å². The molecule has 0 saturated carbocycles. The van der Waals surface area contributed by atoms with Gasteiger partial charge < -0.3 is 24.2 Å². The molecule has 0 radical (unpaired) electrons. The predicted molar refractivity (Wildman–Crippen MR) is 133 cm³/mol. The summed E-state index contributed by atoms with van der Waals surface area (Å²) in [7, 11) is 1.42. The third kappa shape index (κ3) is 4.95. The average Bonchev–Trinajstić information content (AvgIpc) is 3.25. The van der Waals surface area contributed by atoms with E-state index >= 15 is 0 Å². The van der Waals surface area contributed by atoms with Crippen LogP contribution in [0.25, 0.3) is 11.1 Å². The van der Waals surface area contributed by atoms with Crippen molar-refractivity contribution >= 4 is 23.6 Å². The number of amides is 1. The second-order valence-corrected chi connectivity index (χ2v) is 9.70. The molecule has 34 heavy (non-hydrogen) atoms. The monoisotopic (exact) mass is 466 g/mol. The SMILES string of the molecule is CCN1CCc2c(C(=O)OC)cc(-c3ccc(N4CCN(C(=O)OC(C)(C)C)CC4)nc3)cc21. The minimum Gasteiger partial charge on any atom is -0.465 e. The van der Waals surface area contributed by atoms with E-state index in [4.69, 9.17) is 14.5 Å².